The third-order valence-corrected chi connectivity index (χ3v) is 4.38. The molecule has 0 radical (unpaired) electrons. The van der Waals surface area contributed by atoms with Crippen LogP contribution in [0.15, 0.2) is 40.3 Å². The molecular weight excluding hydrogens is 320 g/mol. The van der Waals surface area contributed by atoms with Gasteiger partial charge in [0.2, 0.25) is 5.89 Å². The van der Waals surface area contributed by atoms with Gasteiger partial charge in [0.25, 0.3) is 5.89 Å². The number of hydrogen-bond acceptors (Lipinski definition) is 5. The highest BCUT2D eigenvalue weighted by atomic mass is 35.5. The number of hydrogen-bond donors (Lipinski definition) is 0. The summed E-state index contributed by atoms with van der Waals surface area (Å²) in [6.45, 7) is 1.94. The molecule has 0 amide bonds. The Morgan fingerprint density at radius 3 is 2.86 bits per heavy atom. The van der Waals surface area contributed by atoms with Crippen molar-refractivity contribution in [3.05, 3.63) is 58.0 Å². The van der Waals surface area contributed by atoms with E-state index in [-0.39, 0.29) is 0 Å². The van der Waals surface area contributed by atoms with Gasteiger partial charge >= 0.3 is 0 Å². The van der Waals surface area contributed by atoms with E-state index in [0.29, 0.717) is 23.2 Å². The number of nitrogens with zero attached hydrogens (tertiary/aromatic N) is 4. The standard InChI is InChI=1S/C15H11ClN4OS/c1-9-13(20-6-7-22-15(20)17-9)14-19-18-12(21-14)8-10-2-4-11(16)5-3-10/h2-7H,8H2,1H3. The number of rotatable bonds is 3. The van der Waals surface area contributed by atoms with Gasteiger partial charge in [-0.1, -0.05) is 23.7 Å². The summed E-state index contributed by atoms with van der Waals surface area (Å²) in [7, 11) is 0. The molecule has 110 valence electrons. The highest BCUT2D eigenvalue weighted by molar-refractivity contribution is 7.15. The predicted octanol–water partition coefficient (Wildman–Crippen LogP) is 4.00. The maximum atomic E-state index is 5.89. The van der Waals surface area contributed by atoms with Crippen LogP contribution in [0.5, 0.6) is 0 Å². The summed E-state index contributed by atoms with van der Waals surface area (Å²) < 4.78 is 7.78. The summed E-state index contributed by atoms with van der Waals surface area (Å²) in [6, 6.07) is 7.61. The minimum atomic E-state index is 0.493. The topological polar surface area (TPSA) is 56.2 Å². The molecule has 0 spiro atoms. The Bertz CT molecular complexity index is 938. The third kappa shape index (κ3) is 2.30. The normalized spacial score (nSPS) is 11.4. The van der Waals surface area contributed by atoms with Gasteiger partial charge < -0.3 is 4.42 Å². The first-order valence-corrected chi connectivity index (χ1v) is 7.96. The highest BCUT2D eigenvalue weighted by Crippen LogP contribution is 2.26. The quantitative estimate of drug-likeness (QED) is 0.569. The molecule has 5 nitrogen and oxygen atoms in total. The predicted molar refractivity (Wildman–Crippen MR) is 85.4 cm³/mol. The molecule has 4 aromatic rings. The Morgan fingerprint density at radius 2 is 2.05 bits per heavy atom. The molecule has 0 aliphatic rings. The van der Waals surface area contributed by atoms with Crippen LogP contribution in [0.2, 0.25) is 5.02 Å². The van der Waals surface area contributed by atoms with Crippen LogP contribution in [0.3, 0.4) is 0 Å². The Hall–Kier alpha value is -2.18. The average Bonchev–Trinajstić information content (AvgIpc) is 3.17. The largest absolute Gasteiger partial charge is 0.419 e. The van der Waals surface area contributed by atoms with Crippen molar-refractivity contribution in [3.63, 3.8) is 0 Å². The summed E-state index contributed by atoms with van der Waals surface area (Å²) in [5, 5.41) is 11.0. The van der Waals surface area contributed by atoms with E-state index in [1.54, 1.807) is 11.3 Å². The third-order valence-electron chi connectivity index (χ3n) is 3.37. The molecule has 7 heteroatoms. The number of imidazole rings is 1. The maximum Gasteiger partial charge on any atom is 0.266 e. The van der Waals surface area contributed by atoms with E-state index in [4.69, 9.17) is 16.0 Å². The Balaban J connectivity index is 1.67. The van der Waals surface area contributed by atoms with E-state index >= 15 is 0 Å². The maximum absolute atomic E-state index is 5.89. The van der Waals surface area contributed by atoms with E-state index in [2.05, 4.69) is 15.2 Å². The molecule has 0 N–H and O–H groups in total. The van der Waals surface area contributed by atoms with E-state index in [1.165, 1.54) is 0 Å². The van der Waals surface area contributed by atoms with Crippen molar-refractivity contribution in [2.45, 2.75) is 13.3 Å². The van der Waals surface area contributed by atoms with Gasteiger partial charge in [-0.05, 0) is 24.6 Å². The smallest absolute Gasteiger partial charge is 0.266 e. The molecule has 22 heavy (non-hydrogen) atoms. The molecule has 0 atom stereocenters. The van der Waals surface area contributed by atoms with Crippen LogP contribution in [-0.2, 0) is 6.42 Å². The van der Waals surface area contributed by atoms with Gasteiger partial charge in [-0.3, -0.25) is 4.40 Å². The lowest BCUT2D eigenvalue weighted by Gasteiger charge is -1.97. The second-order valence-corrected chi connectivity index (χ2v) is 6.22. The lowest BCUT2D eigenvalue weighted by Crippen LogP contribution is -1.87. The lowest BCUT2D eigenvalue weighted by molar-refractivity contribution is 0.515. The van der Waals surface area contributed by atoms with Gasteiger partial charge in [-0.2, -0.15) is 0 Å². The van der Waals surface area contributed by atoms with Crippen LogP contribution in [0.25, 0.3) is 16.5 Å². The molecule has 3 aromatic heterocycles. The van der Waals surface area contributed by atoms with Crippen LogP contribution in [0.1, 0.15) is 17.1 Å². The van der Waals surface area contributed by atoms with Gasteiger partial charge in [0.15, 0.2) is 4.96 Å². The monoisotopic (exact) mass is 330 g/mol. The first-order valence-electron chi connectivity index (χ1n) is 6.70. The van der Waals surface area contributed by atoms with Crippen molar-refractivity contribution in [3.8, 4) is 11.6 Å². The van der Waals surface area contributed by atoms with Crippen LogP contribution in [0.4, 0.5) is 0 Å². The zero-order chi connectivity index (χ0) is 15.1. The van der Waals surface area contributed by atoms with E-state index in [0.717, 1.165) is 21.9 Å². The molecular formula is C15H11ClN4OS. The van der Waals surface area contributed by atoms with E-state index in [9.17, 15) is 0 Å². The first-order chi connectivity index (χ1) is 10.7. The van der Waals surface area contributed by atoms with Crippen molar-refractivity contribution in [2.75, 3.05) is 0 Å². The molecule has 0 bridgehead atoms. The van der Waals surface area contributed by atoms with Gasteiger partial charge in [-0.25, -0.2) is 4.98 Å². The molecule has 4 rings (SSSR count). The van der Waals surface area contributed by atoms with Crippen molar-refractivity contribution < 1.29 is 4.42 Å². The van der Waals surface area contributed by atoms with Gasteiger partial charge in [0.05, 0.1) is 12.1 Å². The Kier molecular flexibility index (Phi) is 3.20. The molecule has 0 saturated heterocycles. The number of aromatic nitrogens is 4. The van der Waals surface area contributed by atoms with Crippen molar-refractivity contribution in [1.29, 1.82) is 0 Å². The fourth-order valence-corrected chi connectivity index (χ4v) is 3.23. The summed E-state index contributed by atoms with van der Waals surface area (Å²) in [5.74, 6) is 1.06. The number of benzene rings is 1. The second kappa shape index (κ2) is 5.23. The molecule has 0 saturated carbocycles. The fourth-order valence-electron chi connectivity index (χ4n) is 2.35. The number of halogens is 1. The molecule has 3 heterocycles. The second-order valence-electron chi connectivity index (χ2n) is 4.91. The fraction of sp³-hybridized carbons (Fsp3) is 0.133. The molecule has 1 aromatic carbocycles. The summed E-state index contributed by atoms with van der Waals surface area (Å²) in [6.07, 6.45) is 2.53. The molecule has 0 aliphatic carbocycles. The zero-order valence-corrected chi connectivity index (χ0v) is 13.2. The number of fused-ring (bicyclic) bond motifs is 1. The van der Waals surface area contributed by atoms with Crippen molar-refractivity contribution >= 4 is 27.9 Å². The summed E-state index contributed by atoms with van der Waals surface area (Å²) in [4.78, 5) is 5.41. The zero-order valence-electron chi connectivity index (χ0n) is 11.7. The minimum absolute atomic E-state index is 0.493. The molecule has 0 unspecified atom stereocenters. The molecule has 0 fully saturated rings. The Labute approximate surface area is 135 Å². The summed E-state index contributed by atoms with van der Waals surface area (Å²) in [5.41, 5.74) is 2.81. The van der Waals surface area contributed by atoms with E-state index < -0.39 is 0 Å². The SMILES string of the molecule is Cc1nc2sccn2c1-c1nnc(Cc2ccc(Cl)cc2)o1. The summed E-state index contributed by atoms with van der Waals surface area (Å²) >= 11 is 7.47. The van der Waals surface area contributed by atoms with Crippen LogP contribution in [0, 0.1) is 6.92 Å². The van der Waals surface area contributed by atoms with Crippen molar-refractivity contribution in [1.82, 2.24) is 19.6 Å². The lowest BCUT2D eigenvalue weighted by atomic mass is 10.1. The van der Waals surface area contributed by atoms with E-state index in [1.807, 2.05) is 47.2 Å². The van der Waals surface area contributed by atoms with Crippen LogP contribution in [-0.4, -0.2) is 19.6 Å². The van der Waals surface area contributed by atoms with Gasteiger partial charge in [0, 0.05) is 16.6 Å². The van der Waals surface area contributed by atoms with Crippen LogP contribution >= 0.6 is 22.9 Å². The number of thiazole rings is 1. The Morgan fingerprint density at radius 1 is 1.23 bits per heavy atom. The van der Waals surface area contributed by atoms with Crippen LogP contribution < -0.4 is 0 Å². The van der Waals surface area contributed by atoms with Gasteiger partial charge in [0.1, 0.15) is 5.69 Å². The average molecular weight is 331 g/mol. The highest BCUT2D eigenvalue weighted by Gasteiger charge is 2.17. The first kappa shape index (κ1) is 13.5. The molecule has 0 aliphatic heterocycles. The number of aryl methyl sites for hydroxylation is 1. The minimum Gasteiger partial charge on any atom is -0.419 e. The van der Waals surface area contributed by atoms with Gasteiger partial charge in [-0.15, -0.1) is 21.5 Å². The van der Waals surface area contributed by atoms with Crippen molar-refractivity contribution in [2.24, 2.45) is 0 Å².